The quantitative estimate of drug-likeness (QED) is 0.881. The summed E-state index contributed by atoms with van der Waals surface area (Å²) in [6.45, 7) is 5.88. The minimum atomic E-state index is -0.261. The maximum absolute atomic E-state index is 12.5. The molecule has 2 heterocycles. The molecule has 5 heteroatoms. The van der Waals surface area contributed by atoms with E-state index in [9.17, 15) is 9.90 Å². The van der Waals surface area contributed by atoms with Crippen molar-refractivity contribution < 1.29 is 9.90 Å². The van der Waals surface area contributed by atoms with Gasteiger partial charge in [0.2, 0.25) is 5.91 Å². The Morgan fingerprint density at radius 1 is 1.26 bits per heavy atom. The topological polar surface area (TPSA) is 59.6 Å². The van der Waals surface area contributed by atoms with Crippen LogP contribution in [0.25, 0.3) is 10.9 Å². The average Bonchev–Trinajstić information content (AvgIpc) is 2.98. The molecule has 124 valence electrons. The fraction of sp³-hybridized carbons (Fsp3) is 0.500. The summed E-state index contributed by atoms with van der Waals surface area (Å²) in [4.78, 5) is 19.9. The van der Waals surface area contributed by atoms with Crippen molar-refractivity contribution in [1.82, 2.24) is 14.8 Å². The van der Waals surface area contributed by atoms with Crippen molar-refractivity contribution in [2.24, 2.45) is 0 Å². The van der Waals surface area contributed by atoms with E-state index in [1.165, 1.54) is 0 Å². The number of aliphatic hydroxyl groups excluding tert-OH is 1. The number of aromatic nitrogens is 1. The fourth-order valence-electron chi connectivity index (χ4n) is 3.16. The van der Waals surface area contributed by atoms with Gasteiger partial charge in [-0.25, -0.2) is 0 Å². The molecular formula is C18H25N3O2. The summed E-state index contributed by atoms with van der Waals surface area (Å²) in [6.07, 6.45) is 2.90. The van der Waals surface area contributed by atoms with Crippen molar-refractivity contribution in [2.75, 3.05) is 32.7 Å². The van der Waals surface area contributed by atoms with Crippen molar-refractivity contribution >= 4 is 16.8 Å². The maximum Gasteiger partial charge on any atom is 0.227 e. The van der Waals surface area contributed by atoms with Gasteiger partial charge in [0.05, 0.1) is 12.5 Å². The van der Waals surface area contributed by atoms with Gasteiger partial charge in [0.1, 0.15) is 0 Å². The SMILES string of the molecule is CC[C@@H](O)CN1CCN(C(=O)Cc2c[nH]c3ccccc23)CC1. The number of nitrogens with zero attached hydrogens (tertiary/aromatic N) is 2. The molecule has 1 aliphatic rings. The van der Waals surface area contributed by atoms with Gasteiger partial charge in [-0.1, -0.05) is 25.1 Å². The van der Waals surface area contributed by atoms with E-state index in [0.717, 1.165) is 49.1 Å². The van der Waals surface area contributed by atoms with E-state index in [0.29, 0.717) is 13.0 Å². The van der Waals surface area contributed by atoms with Gasteiger partial charge in [-0.05, 0) is 18.1 Å². The molecule has 2 aromatic rings. The van der Waals surface area contributed by atoms with Gasteiger partial charge in [-0.2, -0.15) is 0 Å². The average molecular weight is 315 g/mol. The highest BCUT2D eigenvalue weighted by atomic mass is 16.3. The van der Waals surface area contributed by atoms with Crippen molar-refractivity contribution in [3.05, 3.63) is 36.0 Å². The highest BCUT2D eigenvalue weighted by molar-refractivity contribution is 5.88. The third-order valence-corrected chi connectivity index (χ3v) is 4.68. The second-order valence-electron chi connectivity index (χ2n) is 6.28. The summed E-state index contributed by atoms with van der Waals surface area (Å²) in [5, 5.41) is 10.9. The van der Waals surface area contributed by atoms with Gasteiger partial charge in [-0.15, -0.1) is 0 Å². The smallest absolute Gasteiger partial charge is 0.227 e. The molecule has 1 aliphatic heterocycles. The molecule has 2 N–H and O–H groups in total. The molecule has 0 spiro atoms. The number of hydrogen-bond acceptors (Lipinski definition) is 3. The molecule has 5 nitrogen and oxygen atoms in total. The van der Waals surface area contributed by atoms with Crippen LogP contribution in [0.1, 0.15) is 18.9 Å². The van der Waals surface area contributed by atoms with Crippen molar-refractivity contribution in [2.45, 2.75) is 25.9 Å². The molecule has 1 aromatic carbocycles. The first-order valence-corrected chi connectivity index (χ1v) is 8.40. The highest BCUT2D eigenvalue weighted by Crippen LogP contribution is 2.19. The lowest BCUT2D eigenvalue weighted by molar-refractivity contribution is -0.132. The van der Waals surface area contributed by atoms with Crippen LogP contribution in [-0.4, -0.2) is 64.6 Å². The van der Waals surface area contributed by atoms with Crippen molar-refractivity contribution in [3.8, 4) is 0 Å². The molecule has 0 aliphatic carbocycles. The number of β-amino-alcohol motifs (C(OH)–C–C–N with tert-alkyl or cyclic N) is 1. The first-order valence-electron chi connectivity index (χ1n) is 8.40. The largest absolute Gasteiger partial charge is 0.392 e. The Labute approximate surface area is 136 Å². The van der Waals surface area contributed by atoms with Gasteiger partial charge in [0.15, 0.2) is 0 Å². The van der Waals surface area contributed by atoms with Gasteiger partial charge in [0.25, 0.3) is 0 Å². The number of para-hydroxylation sites is 1. The van der Waals surface area contributed by atoms with Crippen LogP contribution in [0.2, 0.25) is 0 Å². The summed E-state index contributed by atoms with van der Waals surface area (Å²) in [7, 11) is 0. The molecule has 0 unspecified atom stereocenters. The standard InChI is InChI=1S/C18H25N3O2/c1-2-15(22)13-20-7-9-21(10-8-20)18(23)11-14-12-19-17-6-4-3-5-16(14)17/h3-6,12,15,19,22H,2,7-11,13H2,1H3/t15-/m1/s1. The summed E-state index contributed by atoms with van der Waals surface area (Å²) in [5.41, 5.74) is 2.14. The van der Waals surface area contributed by atoms with Crippen LogP contribution < -0.4 is 0 Å². The Morgan fingerprint density at radius 3 is 2.74 bits per heavy atom. The van der Waals surface area contributed by atoms with Crippen LogP contribution in [0.5, 0.6) is 0 Å². The third kappa shape index (κ3) is 3.74. The number of benzene rings is 1. The number of H-pyrrole nitrogens is 1. The van der Waals surface area contributed by atoms with Crippen LogP contribution in [0.3, 0.4) is 0 Å². The molecule has 3 rings (SSSR count). The summed E-state index contributed by atoms with van der Waals surface area (Å²) >= 11 is 0. The Hall–Kier alpha value is -1.85. The molecule has 23 heavy (non-hydrogen) atoms. The van der Waals surface area contributed by atoms with Crippen molar-refractivity contribution in [1.29, 1.82) is 0 Å². The molecule has 1 aromatic heterocycles. The Morgan fingerprint density at radius 2 is 2.00 bits per heavy atom. The molecule has 1 saturated heterocycles. The Bertz CT molecular complexity index is 659. The number of nitrogens with one attached hydrogen (secondary N) is 1. The fourth-order valence-corrected chi connectivity index (χ4v) is 3.16. The van der Waals surface area contributed by atoms with E-state index < -0.39 is 0 Å². The zero-order valence-electron chi connectivity index (χ0n) is 13.7. The monoisotopic (exact) mass is 315 g/mol. The highest BCUT2D eigenvalue weighted by Gasteiger charge is 2.22. The van der Waals surface area contributed by atoms with Crippen LogP contribution in [0.4, 0.5) is 0 Å². The van der Waals surface area contributed by atoms with Gasteiger partial charge >= 0.3 is 0 Å². The number of aromatic amines is 1. The van der Waals surface area contributed by atoms with E-state index in [2.05, 4.69) is 16.0 Å². The zero-order chi connectivity index (χ0) is 16.2. The van der Waals surface area contributed by atoms with E-state index >= 15 is 0 Å². The Balaban J connectivity index is 1.56. The zero-order valence-corrected chi connectivity index (χ0v) is 13.7. The number of hydrogen-bond donors (Lipinski definition) is 2. The number of amides is 1. The Kier molecular flexibility index (Phi) is 4.98. The number of aliphatic hydroxyl groups is 1. The summed E-state index contributed by atoms with van der Waals surface area (Å²) in [6, 6.07) is 8.08. The molecule has 1 atom stereocenters. The van der Waals surface area contributed by atoms with Crippen molar-refractivity contribution in [3.63, 3.8) is 0 Å². The first kappa shape index (κ1) is 16.0. The molecule has 0 radical (unpaired) electrons. The number of rotatable bonds is 5. The second kappa shape index (κ2) is 7.15. The second-order valence-corrected chi connectivity index (χ2v) is 6.28. The lowest BCUT2D eigenvalue weighted by Gasteiger charge is -2.35. The summed E-state index contributed by atoms with van der Waals surface area (Å²) in [5.74, 6) is 0.186. The minimum Gasteiger partial charge on any atom is -0.392 e. The first-order chi connectivity index (χ1) is 11.2. The molecule has 1 amide bonds. The van der Waals surface area contributed by atoms with Crippen LogP contribution in [0, 0.1) is 0 Å². The van der Waals surface area contributed by atoms with Gasteiger partial charge < -0.3 is 15.0 Å². The van der Waals surface area contributed by atoms with Crippen LogP contribution in [-0.2, 0) is 11.2 Å². The summed E-state index contributed by atoms with van der Waals surface area (Å²) < 4.78 is 0. The number of carbonyl (C=O) groups is 1. The lowest BCUT2D eigenvalue weighted by atomic mass is 10.1. The van der Waals surface area contributed by atoms with E-state index in [4.69, 9.17) is 0 Å². The van der Waals surface area contributed by atoms with Gasteiger partial charge in [0, 0.05) is 49.8 Å². The molecular weight excluding hydrogens is 290 g/mol. The minimum absolute atomic E-state index is 0.186. The molecule has 1 fully saturated rings. The van der Waals surface area contributed by atoms with E-state index in [1.807, 2.05) is 36.2 Å². The van der Waals surface area contributed by atoms with E-state index in [-0.39, 0.29) is 12.0 Å². The van der Waals surface area contributed by atoms with Gasteiger partial charge in [-0.3, -0.25) is 9.69 Å². The lowest BCUT2D eigenvalue weighted by Crippen LogP contribution is -2.50. The third-order valence-electron chi connectivity index (χ3n) is 4.68. The number of piperazine rings is 1. The van der Waals surface area contributed by atoms with Crippen LogP contribution >= 0.6 is 0 Å². The molecule has 0 saturated carbocycles. The predicted molar refractivity (Wildman–Crippen MR) is 91.3 cm³/mol. The maximum atomic E-state index is 12.5. The number of fused-ring (bicyclic) bond motifs is 1. The number of carbonyl (C=O) groups excluding carboxylic acids is 1. The normalized spacial score (nSPS) is 17.6. The van der Waals surface area contributed by atoms with E-state index in [1.54, 1.807) is 0 Å². The predicted octanol–water partition coefficient (Wildman–Crippen LogP) is 1.63. The van der Waals surface area contributed by atoms with Crippen LogP contribution in [0.15, 0.2) is 30.5 Å². The molecule has 0 bridgehead atoms.